The molecule has 1 aromatic rings. The highest BCUT2D eigenvalue weighted by molar-refractivity contribution is 5.75. The van der Waals surface area contributed by atoms with Gasteiger partial charge in [0, 0.05) is 0 Å². The van der Waals surface area contributed by atoms with Crippen LogP contribution in [0, 0.1) is 23.7 Å². The van der Waals surface area contributed by atoms with Crippen LogP contribution < -0.4 is 9.47 Å². The van der Waals surface area contributed by atoms with Crippen molar-refractivity contribution in [3.05, 3.63) is 24.3 Å². The van der Waals surface area contributed by atoms with Crippen molar-refractivity contribution in [1.29, 1.82) is 0 Å². The zero-order valence-corrected chi connectivity index (χ0v) is 20.0. The van der Waals surface area contributed by atoms with Gasteiger partial charge in [0.2, 0.25) is 0 Å². The molecule has 0 aromatic heterocycles. The van der Waals surface area contributed by atoms with Crippen LogP contribution in [-0.4, -0.2) is 12.6 Å². The second-order valence-corrected chi connectivity index (χ2v) is 9.92. The standard InChI is InChI=1S/C28H44O3/c1-3-5-6-7-8-9-22-10-12-23(13-11-22)24-14-16-25(17-15-24)28(29)31-27-20-18-26(19-21-27)30-4-2/h18-25H,3-17H2,1-2H3. The quantitative estimate of drug-likeness (QED) is 0.204. The van der Waals surface area contributed by atoms with Crippen LogP contribution in [0.3, 0.4) is 0 Å². The molecule has 0 atom stereocenters. The lowest BCUT2D eigenvalue weighted by Crippen LogP contribution is -2.30. The fourth-order valence-electron chi connectivity index (χ4n) is 5.78. The summed E-state index contributed by atoms with van der Waals surface area (Å²) >= 11 is 0. The van der Waals surface area contributed by atoms with Crippen LogP contribution in [0.5, 0.6) is 11.5 Å². The number of esters is 1. The fourth-order valence-corrected chi connectivity index (χ4v) is 5.78. The Labute approximate surface area is 190 Å². The Hall–Kier alpha value is -1.51. The first kappa shape index (κ1) is 24.1. The van der Waals surface area contributed by atoms with Crippen LogP contribution in [0.2, 0.25) is 0 Å². The summed E-state index contributed by atoms with van der Waals surface area (Å²) in [6, 6.07) is 7.39. The Balaban J connectivity index is 1.33. The van der Waals surface area contributed by atoms with Gasteiger partial charge in [0.05, 0.1) is 12.5 Å². The molecule has 3 rings (SSSR count). The van der Waals surface area contributed by atoms with Gasteiger partial charge in [-0.25, -0.2) is 0 Å². The molecule has 0 saturated heterocycles. The number of benzene rings is 1. The summed E-state index contributed by atoms with van der Waals surface area (Å²) in [4.78, 5) is 12.6. The number of ether oxygens (including phenoxy) is 2. The number of carbonyl (C=O) groups excluding carboxylic acids is 1. The highest BCUT2D eigenvalue weighted by Gasteiger charge is 2.33. The van der Waals surface area contributed by atoms with Crippen molar-refractivity contribution in [1.82, 2.24) is 0 Å². The van der Waals surface area contributed by atoms with Crippen molar-refractivity contribution in [3.63, 3.8) is 0 Å². The van der Waals surface area contributed by atoms with Gasteiger partial charge in [0.1, 0.15) is 11.5 Å². The van der Waals surface area contributed by atoms with Gasteiger partial charge >= 0.3 is 5.97 Å². The SMILES string of the molecule is CCCCCCCC1CCC(C2CCC(C(=O)Oc3ccc(OCC)cc3)CC2)CC1. The summed E-state index contributed by atoms with van der Waals surface area (Å²) in [6.45, 7) is 4.90. The maximum atomic E-state index is 12.6. The lowest BCUT2D eigenvalue weighted by molar-refractivity contribution is -0.140. The van der Waals surface area contributed by atoms with Gasteiger partial charge in [-0.3, -0.25) is 4.79 Å². The molecule has 0 aliphatic heterocycles. The summed E-state index contributed by atoms with van der Waals surface area (Å²) in [7, 11) is 0. The molecule has 174 valence electrons. The van der Waals surface area contributed by atoms with Gasteiger partial charge in [0.15, 0.2) is 0 Å². The average molecular weight is 429 g/mol. The van der Waals surface area contributed by atoms with E-state index in [1.54, 1.807) is 0 Å². The molecular weight excluding hydrogens is 384 g/mol. The molecule has 2 fully saturated rings. The first-order valence-electron chi connectivity index (χ1n) is 13.1. The number of carbonyl (C=O) groups is 1. The van der Waals surface area contributed by atoms with E-state index >= 15 is 0 Å². The van der Waals surface area contributed by atoms with Crippen molar-refractivity contribution < 1.29 is 14.3 Å². The van der Waals surface area contributed by atoms with Crippen molar-refractivity contribution in [2.24, 2.45) is 23.7 Å². The normalized spacial score (nSPS) is 26.4. The van der Waals surface area contributed by atoms with Crippen molar-refractivity contribution >= 4 is 5.97 Å². The first-order valence-corrected chi connectivity index (χ1v) is 13.1. The predicted octanol–water partition coefficient (Wildman–Crippen LogP) is 7.96. The summed E-state index contributed by atoms with van der Waals surface area (Å²) < 4.78 is 11.1. The minimum Gasteiger partial charge on any atom is -0.494 e. The molecular formula is C28H44O3. The molecule has 1 aromatic carbocycles. The molecule has 2 aliphatic carbocycles. The molecule has 31 heavy (non-hydrogen) atoms. The average Bonchev–Trinajstić information content (AvgIpc) is 2.81. The number of rotatable bonds is 11. The molecule has 0 N–H and O–H groups in total. The van der Waals surface area contributed by atoms with E-state index in [1.807, 2.05) is 31.2 Å². The summed E-state index contributed by atoms with van der Waals surface area (Å²) in [5.41, 5.74) is 0. The molecule has 0 heterocycles. The lowest BCUT2D eigenvalue weighted by atomic mass is 9.68. The maximum absolute atomic E-state index is 12.6. The third-order valence-corrected chi connectivity index (χ3v) is 7.73. The van der Waals surface area contributed by atoms with Crippen molar-refractivity contribution in [3.8, 4) is 11.5 Å². The number of hydrogen-bond donors (Lipinski definition) is 0. The van der Waals surface area contributed by atoms with Crippen molar-refractivity contribution in [2.45, 2.75) is 104 Å². The fraction of sp³-hybridized carbons (Fsp3) is 0.750. The molecule has 0 amide bonds. The molecule has 2 aliphatic rings. The highest BCUT2D eigenvalue weighted by Crippen LogP contribution is 2.42. The van der Waals surface area contributed by atoms with Crippen LogP contribution >= 0.6 is 0 Å². The van der Waals surface area contributed by atoms with Gasteiger partial charge in [0.25, 0.3) is 0 Å². The number of hydrogen-bond acceptors (Lipinski definition) is 3. The lowest BCUT2D eigenvalue weighted by Gasteiger charge is -2.37. The zero-order valence-electron chi connectivity index (χ0n) is 20.0. The summed E-state index contributed by atoms with van der Waals surface area (Å²) in [6.07, 6.45) is 18.6. The van der Waals surface area contributed by atoms with Gasteiger partial charge in [-0.1, -0.05) is 58.3 Å². The van der Waals surface area contributed by atoms with Crippen LogP contribution in [0.4, 0.5) is 0 Å². The molecule has 0 unspecified atom stereocenters. The minimum atomic E-state index is -0.0469. The van der Waals surface area contributed by atoms with Crippen molar-refractivity contribution in [2.75, 3.05) is 6.61 Å². The van der Waals surface area contributed by atoms with E-state index in [0.29, 0.717) is 12.4 Å². The molecule has 2 saturated carbocycles. The van der Waals surface area contributed by atoms with E-state index < -0.39 is 0 Å². The van der Waals surface area contributed by atoms with Gasteiger partial charge < -0.3 is 9.47 Å². The topological polar surface area (TPSA) is 35.5 Å². The smallest absolute Gasteiger partial charge is 0.314 e. The Morgan fingerprint density at radius 1 is 0.774 bits per heavy atom. The van der Waals surface area contributed by atoms with E-state index in [-0.39, 0.29) is 11.9 Å². The number of unbranched alkanes of at least 4 members (excludes halogenated alkanes) is 4. The largest absolute Gasteiger partial charge is 0.494 e. The maximum Gasteiger partial charge on any atom is 0.314 e. The first-order chi connectivity index (χ1) is 15.2. The predicted molar refractivity (Wildman–Crippen MR) is 128 cm³/mol. The Kier molecular flexibility index (Phi) is 10.2. The van der Waals surface area contributed by atoms with E-state index in [0.717, 1.165) is 36.3 Å². The minimum absolute atomic E-state index is 0.0469. The van der Waals surface area contributed by atoms with Gasteiger partial charge in [-0.15, -0.1) is 0 Å². The van der Waals surface area contributed by atoms with E-state index in [9.17, 15) is 4.79 Å². The van der Waals surface area contributed by atoms with Crippen LogP contribution in [0.25, 0.3) is 0 Å². The van der Waals surface area contributed by atoms with Crippen LogP contribution in [0.1, 0.15) is 104 Å². The van der Waals surface area contributed by atoms with Gasteiger partial charge in [-0.05, 0) is 87.5 Å². The van der Waals surface area contributed by atoms with Gasteiger partial charge in [-0.2, -0.15) is 0 Å². The molecule has 0 radical (unpaired) electrons. The highest BCUT2D eigenvalue weighted by atomic mass is 16.5. The zero-order chi connectivity index (χ0) is 21.9. The summed E-state index contributed by atoms with van der Waals surface area (Å²) in [5.74, 6) is 4.19. The Morgan fingerprint density at radius 2 is 1.35 bits per heavy atom. The molecule has 0 spiro atoms. The Bertz CT molecular complexity index is 622. The van der Waals surface area contributed by atoms with E-state index in [4.69, 9.17) is 9.47 Å². The summed E-state index contributed by atoms with van der Waals surface area (Å²) in [5, 5.41) is 0. The Morgan fingerprint density at radius 3 is 1.97 bits per heavy atom. The second kappa shape index (κ2) is 13.1. The van der Waals surface area contributed by atoms with Crippen LogP contribution in [-0.2, 0) is 4.79 Å². The molecule has 0 bridgehead atoms. The second-order valence-electron chi connectivity index (χ2n) is 9.92. The molecule has 3 nitrogen and oxygen atoms in total. The third-order valence-electron chi connectivity index (χ3n) is 7.73. The van der Waals surface area contributed by atoms with Crippen LogP contribution in [0.15, 0.2) is 24.3 Å². The van der Waals surface area contributed by atoms with E-state index in [1.165, 1.54) is 77.0 Å². The third kappa shape index (κ3) is 7.84. The van der Waals surface area contributed by atoms with E-state index in [2.05, 4.69) is 6.92 Å². The monoisotopic (exact) mass is 428 g/mol. The molecule has 3 heteroatoms.